The minimum atomic E-state index is -0.448. The Morgan fingerprint density at radius 1 is 1.38 bits per heavy atom. The Kier molecular flexibility index (Phi) is 3.88. The summed E-state index contributed by atoms with van der Waals surface area (Å²) in [6, 6.07) is 3.91. The molecule has 0 saturated carbocycles. The molecule has 1 rings (SSSR count). The molecule has 0 saturated heterocycles. The van der Waals surface area contributed by atoms with E-state index in [9.17, 15) is 14.7 Å². The molecule has 0 radical (unpaired) electrons. The van der Waals surface area contributed by atoms with Gasteiger partial charge in [0.25, 0.3) is 0 Å². The number of hydrogen-bond donors (Lipinski definition) is 3. The maximum absolute atomic E-state index is 11.4. The molecule has 2 amide bonds. The molecule has 0 aromatic heterocycles. The molecule has 5 heteroatoms. The van der Waals surface area contributed by atoms with Crippen LogP contribution in [0.2, 0.25) is 0 Å². The van der Waals surface area contributed by atoms with Crippen molar-refractivity contribution in [1.29, 1.82) is 0 Å². The minimum absolute atomic E-state index is 0.0417. The van der Waals surface area contributed by atoms with Crippen LogP contribution >= 0.6 is 0 Å². The van der Waals surface area contributed by atoms with Gasteiger partial charge < -0.3 is 15.7 Å². The van der Waals surface area contributed by atoms with Crippen molar-refractivity contribution in [2.45, 2.75) is 13.3 Å². The number of urea groups is 1. The van der Waals surface area contributed by atoms with E-state index in [4.69, 9.17) is 0 Å². The second-order valence-electron chi connectivity index (χ2n) is 3.21. The highest BCUT2D eigenvalue weighted by Gasteiger charge is 2.09. The topological polar surface area (TPSA) is 78.4 Å². The SMILES string of the molecule is CCC(=O)c1ccc(O)c(NC(=O)NC)c1. The van der Waals surface area contributed by atoms with Gasteiger partial charge in [0, 0.05) is 19.0 Å². The summed E-state index contributed by atoms with van der Waals surface area (Å²) < 4.78 is 0. The zero-order valence-corrected chi connectivity index (χ0v) is 9.20. The Labute approximate surface area is 93.5 Å². The molecule has 1 aromatic rings. The number of rotatable bonds is 3. The summed E-state index contributed by atoms with van der Waals surface area (Å²) >= 11 is 0. The third-order valence-electron chi connectivity index (χ3n) is 2.11. The first-order valence-electron chi connectivity index (χ1n) is 4.93. The Morgan fingerprint density at radius 2 is 2.06 bits per heavy atom. The normalized spacial score (nSPS) is 9.62. The fourth-order valence-electron chi connectivity index (χ4n) is 1.20. The van der Waals surface area contributed by atoms with Crippen LogP contribution in [-0.2, 0) is 0 Å². The van der Waals surface area contributed by atoms with Crippen molar-refractivity contribution in [3.8, 4) is 5.75 Å². The first kappa shape index (κ1) is 12.0. The van der Waals surface area contributed by atoms with Crippen LogP contribution in [-0.4, -0.2) is 24.0 Å². The molecule has 0 aliphatic rings. The van der Waals surface area contributed by atoms with Gasteiger partial charge in [0.05, 0.1) is 5.69 Å². The number of anilines is 1. The van der Waals surface area contributed by atoms with Crippen molar-refractivity contribution in [2.24, 2.45) is 0 Å². The van der Waals surface area contributed by atoms with Crippen LogP contribution < -0.4 is 10.6 Å². The van der Waals surface area contributed by atoms with Crippen molar-refractivity contribution in [3.63, 3.8) is 0 Å². The molecule has 1 aromatic carbocycles. The van der Waals surface area contributed by atoms with Crippen LogP contribution in [0.15, 0.2) is 18.2 Å². The fourth-order valence-corrected chi connectivity index (χ4v) is 1.20. The number of carbonyl (C=O) groups is 2. The third-order valence-corrected chi connectivity index (χ3v) is 2.11. The van der Waals surface area contributed by atoms with E-state index in [1.807, 2.05) is 0 Å². The summed E-state index contributed by atoms with van der Waals surface area (Å²) in [5.41, 5.74) is 0.686. The number of benzene rings is 1. The molecule has 0 spiro atoms. The molecule has 0 aliphatic heterocycles. The van der Waals surface area contributed by atoms with Gasteiger partial charge in [-0.2, -0.15) is 0 Å². The quantitative estimate of drug-likeness (QED) is 0.538. The van der Waals surface area contributed by atoms with E-state index in [1.165, 1.54) is 25.2 Å². The summed E-state index contributed by atoms with van der Waals surface area (Å²) in [5, 5.41) is 14.3. The van der Waals surface area contributed by atoms with Crippen molar-refractivity contribution >= 4 is 17.5 Å². The summed E-state index contributed by atoms with van der Waals surface area (Å²) in [6.45, 7) is 1.75. The summed E-state index contributed by atoms with van der Waals surface area (Å²) in [6.07, 6.45) is 0.379. The number of aromatic hydroxyl groups is 1. The van der Waals surface area contributed by atoms with Gasteiger partial charge in [-0.3, -0.25) is 4.79 Å². The van der Waals surface area contributed by atoms with Gasteiger partial charge in [0.2, 0.25) is 0 Å². The first-order valence-corrected chi connectivity index (χ1v) is 4.93. The molecule has 86 valence electrons. The summed E-state index contributed by atoms with van der Waals surface area (Å²) in [7, 11) is 1.47. The molecular weight excluding hydrogens is 208 g/mol. The predicted molar refractivity (Wildman–Crippen MR) is 60.8 cm³/mol. The maximum atomic E-state index is 11.4. The molecule has 0 aliphatic carbocycles. The van der Waals surface area contributed by atoms with Crippen LogP contribution in [0.1, 0.15) is 23.7 Å². The van der Waals surface area contributed by atoms with Crippen LogP contribution in [0.3, 0.4) is 0 Å². The highest BCUT2D eigenvalue weighted by Crippen LogP contribution is 2.24. The van der Waals surface area contributed by atoms with E-state index in [1.54, 1.807) is 6.92 Å². The number of amides is 2. The molecule has 0 heterocycles. The van der Waals surface area contributed by atoms with Crippen molar-refractivity contribution in [3.05, 3.63) is 23.8 Å². The van der Waals surface area contributed by atoms with Gasteiger partial charge in [0.15, 0.2) is 5.78 Å². The van der Waals surface area contributed by atoms with Gasteiger partial charge in [-0.1, -0.05) is 6.92 Å². The monoisotopic (exact) mass is 222 g/mol. The lowest BCUT2D eigenvalue weighted by Gasteiger charge is -2.08. The molecule has 3 N–H and O–H groups in total. The van der Waals surface area contributed by atoms with E-state index in [-0.39, 0.29) is 17.2 Å². The highest BCUT2D eigenvalue weighted by atomic mass is 16.3. The lowest BCUT2D eigenvalue weighted by atomic mass is 10.1. The Hall–Kier alpha value is -2.04. The lowest BCUT2D eigenvalue weighted by Crippen LogP contribution is -2.24. The number of phenols is 1. The van der Waals surface area contributed by atoms with E-state index in [2.05, 4.69) is 10.6 Å². The Balaban J connectivity index is 2.99. The molecule has 0 unspecified atom stereocenters. The fraction of sp³-hybridized carbons (Fsp3) is 0.273. The van der Waals surface area contributed by atoms with Gasteiger partial charge in [-0.15, -0.1) is 0 Å². The van der Waals surface area contributed by atoms with E-state index in [0.717, 1.165) is 0 Å². The molecule has 5 nitrogen and oxygen atoms in total. The number of Topliss-reactive ketones (excluding diaryl/α,β-unsaturated/α-hetero) is 1. The van der Waals surface area contributed by atoms with Gasteiger partial charge in [-0.05, 0) is 18.2 Å². The molecule has 16 heavy (non-hydrogen) atoms. The first-order chi connectivity index (χ1) is 7.58. The van der Waals surface area contributed by atoms with Gasteiger partial charge >= 0.3 is 6.03 Å². The van der Waals surface area contributed by atoms with Crippen LogP contribution in [0, 0.1) is 0 Å². The number of phenolic OH excluding ortho intramolecular Hbond substituents is 1. The lowest BCUT2D eigenvalue weighted by molar-refractivity contribution is 0.0988. The van der Waals surface area contributed by atoms with E-state index >= 15 is 0 Å². The number of nitrogens with one attached hydrogen (secondary N) is 2. The van der Waals surface area contributed by atoms with E-state index < -0.39 is 6.03 Å². The average Bonchev–Trinajstić information content (AvgIpc) is 2.30. The zero-order valence-electron chi connectivity index (χ0n) is 9.20. The molecule has 0 atom stereocenters. The van der Waals surface area contributed by atoms with Crippen molar-refractivity contribution in [1.82, 2.24) is 5.32 Å². The second-order valence-corrected chi connectivity index (χ2v) is 3.21. The molecule has 0 bridgehead atoms. The van der Waals surface area contributed by atoms with Crippen LogP contribution in [0.4, 0.5) is 10.5 Å². The van der Waals surface area contributed by atoms with Crippen molar-refractivity contribution < 1.29 is 14.7 Å². The molecule has 0 fully saturated rings. The van der Waals surface area contributed by atoms with Gasteiger partial charge in [-0.25, -0.2) is 4.79 Å². The number of carbonyl (C=O) groups excluding carboxylic acids is 2. The third kappa shape index (κ3) is 2.73. The van der Waals surface area contributed by atoms with Crippen LogP contribution in [0.25, 0.3) is 0 Å². The van der Waals surface area contributed by atoms with E-state index in [0.29, 0.717) is 12.0 Å². The summed E-state index contributed by atoms with van der Waals surface area (Å²) in [5.74, 6) is -0.115. The summed E-state index contributed by atoms with van der Waals surface area (Å²) in [4.78, 5) is 22.5. The molecular formula is C11H14N2O3. The standard InChI is InChI=1S/C11H14N2O3/c1-3-9(14)7-4-5-10(15)8(6-7)13-11(16)12-2/h4-6,15H,3H2,1-2H3,(H2,12,13,16). The number of hydrogen-bond acceptors (Lipinski definition) is 3. The van der Waals surface area contributed by atoms with Crippen molar-refractivity contribution in [2.75, 3.05) is 12.4 Å². The second kappa shape index (κ2) is 5.16. The number of ketones is 1. The predicted octanol–water partition coefficient (Wildman–Crippen LogP) is 1.74. The minimum Gasteiger partial charge on any atom is -0.506 e. The highest BCUT2D eigenvalue weighted by molar-refractivity contribution is 5.99. The maximum Gasteiger partial charge on any atom is 0.319 e. The average molecular weight is 222 g/mol. The zero-order chi connectivity index (χ0) is 12.1. The van der Waals surface area contributed by atoms with Crippen LogP contribution in [0.5, 0.6) is 5.75 Å². The smallest absolute Gasteiger partial charge is 0.319 e. The van der Waals surface area contributed by atoms with Gasteiger partial charge in [0.1, 0.15) is 5.75 Å². The Morgan fingerprint density at radius 3 is 2.62 bits per heavy atom. The Bertz CT molecular complexity index is 416. The largest absolute Gasteiger partial charge is 0.506 e.